The summed E-state index contributed by atoms with van der Waals surface area (Å²) in [7, 11) is 0. The number of carboxylic acids is 1. The van der Waals surface area contributed by atoms with E-state index in [9.17, 15) is 33.0 Å². The number of fused-ring (bicyclic) bond motifs is 1. The molecule has 0 unspecified atom stereocenters. The topological polar surface area (TPSA) is 220 Å². The number of pyridine rings is 1. The molecule has 4 heterocycles. The SMILES string of the molecule is CCC(=O)N[C@H]1C[C@@H](n2cnc3c(NCC(c4ccccc4)c4ccccc4)nc(N4CC[C@@H](NC(=O)NCc5ccccn5)C4)nc32)[C@H](O)[C@@H]1O.O=C(O)C(F)(F)F. The molecule has 16 nitrogen and oxygen atoms in total. The molecule has 3 aromatic heterocycles. The van der Waals surface area contributed by atoms with Crippen molar-refractivity contribution >= 4 is 40.8 Å². The Bertz CT molecular complexity index is 2140. The molecule has 0 spiro atoms. The average Bonchev–Trinajstić information content (AvgIpc) is 3.96. The summed E-state index contributed by atoms with van der Waals surface area (Å²) in [6.07, 6.45) is -2.81. The number of halogens is 3. The number of carboxylic acid groups (broad SMARTS) is 1. The summed E-state index contributed by atoms with van der Waals surface area (Å²) in [4.78, 5) is 54.8. The number of aliphatic hydroxyl groups excluding tert-OH is 2. The fourth-order valence-corrected chi connectivity index (χ4v) is 7.12. The molecule has 1 saturated heterocycles. The Kier molecular flexibility index (Phi) is 13.6. The first kappa shape index (κ1) is 42.3. The van der Waals surface area contributed by atoms with Crippen LogP contribution in [0.4, 0.5) is 29.7 Å². The first-order valence-corrected chi connectivity index (χ1v) is 19.1. The maximum absolute atomic E-state index is 12.8. The quantitative estimate of drug-likeness (QED) is 0.0958. The summed E-state index contributed by atoms with van der Waals surface area (Å²) in [6, 6.07) is 24.5. The van der Waals surface area contributed by atoms with Gasteiger partial charge < -0.3 is 46.1 Å². The Morgan fingerprint density at radius 2 is 1.56 bits per heavy atom. The number of carbonyl (C=O) groups excluding carboxylic acids is 2. The van der Waals surface area contributed by atoms with Gasteiger partial charge in [-0.05, 0) is 36.1 Å². The summed E-state index contributed by atoms with van der Waals surface area (Å²) in [6.45, 7) is 3.68. The number of benzene rings is 2. The van der Waals surface area contributed by atoms with E-state index in [4.69, 9.17) is 24.9 Å². The van der Waals surface area contributed by atoms with Gasteiger partial charge >= 0.3 is 18.2 Å². The van der Waals surface area contributed by atoms with Crippen molar-refractivity contribution in [2.75, 3.05) is 29.9 Å². The Labute approximate surface area is 336 Å². The number of nitrogens with zero attached hydrogens (tertiary/aromatic N) is 6. The number of aromatic nitrogens is 5. The number of imidazole rings is 1. The van der Waals surface area contributed by atoms with Crippen LogP contribution in [0.3, 0.4) is 0 Å². The number of rotatable bonds is 12. The van der Waals surface area contributed by atoms with Gasteiger partial charge in [0.1, 0.15) is 12.2 Å². The fourth-order valence-electron chi connectivity index (χ4n) is 7.12. The molecule has 19 heteroatoms. The summed E-state index contributed by atoms with van der Waals surface area (Å²) in [5, 5.41) is 41.6. The first-order valence-electron chi connectivity index (χ1n) is 19.1. The highest BCUT2D eigenvalue weighted by Crippen LogP contribution is 2.35. The zero-order valence-electron chi connectivity index (χ0n) is 32.0. The van der Waals surface area contributed by atoms with Gasteiger partial charge in [0.15, 0.2) is 17.0 Å². The van der Waals surface area contributed by atoms with Crippen LogP contribution in [0.25, 0.3) is 11.2 Å². The van der Waals surface area contributed by atoms with Crippen molar-refractivity contribution in [3.8, 4) is 0 Å². The van der Waals surface area contributed by atoms with Gasteiger partial charge in [0.2, 0.25) is 11.9 Å². The maximum Gasteiger partial charge on any atom is 0.490 e. The van der Waals surface area contributed by atoms with Crippen molar-refractivity contribution in [2.45, 2.75) is 75.2 Å². The Balaban J connectivity index is 0.000000768. The van der Waals surface area contributed by atoms with Crippen LogP contribution in [-0.2, 0) is 16.1 Å². The lowest BCUT2D eigenvalue weighted by Gasteiger charge is -2.22. The van der Waals surface area contributed by atoms with Crippen LogP contribution in [-0.4, -0.2) is 108 Å². The first-order chi connectivity index (χ1) is 28.3. The Hall–Kier alpha value is -6.34. The van der Waals surface area contributed by atoms with E-state index >= 15 is 0 Å². The van der Waals surface area contributed by atoms with Crippen LogP contribution in [0.5, 0.6) is 0 Å². The van der Waals surface area contributed by atoms with Crippen LogP contribution < -0.4 is 26.2 Å². The maximum atomic E-state index is 12.8. The lowest BCUT2D eigenvalue weighted by atomic mass is 9.91. The van der Waals surface area contributed by atoms with Gasteiger partial charge in [0.25, 0.3) is 0 Å². The highest BCUT2D eigenvalue weighted by atomic mass is 19.4. The third kappa shape index (κ3) is 10.6. The molecule has 2 fully saturated rings. The number of aliphatic hydroxyl groups is 2. The van der Waals surface area contributed by atoms with Gasteiger partial charge in [-0.1, -0.05) is 73.7 Å². The molecule has 2 aromatic carbocycles. The van der Waals surface area contributed by atoms with Crippen LogP contribution in [0, 0.1) is 0 Å². The highest BCUT2D eigenvalue weighted by molar-refractivity contribution is 5.85. The molecule has 7 rings (SSSR count). The second-order valence-corrected chi connectivity index (χ2v) is 14.1. The number of urea groups is 1. The highest BCUT2D eigenvalue weighted by Gasteiger charge is 2.44. The lowest BCUT2D eigenvalue weighted by molar-refractivity contribution is -0.192. The number of carbonyl (C=O) groups is 3. The summed E-state index contributed by atoms with van der Waals surface area (Å²) >= 11 is 0. The summed E-state index contributed by atoms with van der Waals surface area (Å²) < 4.78 is 33.5. The minimum Gasteiger partial charge on any atom is -0.475 e. The third-order valence-electron chi connectivity index (χ3n) is 10.2. The van der Waals surface area contributed by atoms with Crippen molar-refractivity contribution in [3.63, 3.8) is 0 Å². The van der Waals surface area contributed by atoms with E-state index in [0.717, 1.165) is 16.8 Å². The van der Waals surface area contributed by atoms with Crippen LogP contribution >= 0.6 is 0 Å². The smallest absolute Gasteiger partial charge is 0.475 e. The normalized spacial score (nSPS) is 20.2. The molecular formula is C40H45F3N10O6. The van der Waals surface area contributed by atoms with Gasteiger partial charge in [0, 0.05) is 44.2 Å². The molecule has 1 aliphatic heterocycles. The minimum absolute atomic E-state index is 0.0117. The number of nitrogens with one attached hydrogen (secondary N) is 4. The monoisotopic (exact) mass is 818 g/mol. The Morgan fingerprint density at radius 3 is 2.17 bits per heavy atom. The molecule has 0 bridgehead atoms. The van der Waals surface area contributed by atoms with Gasteiger partial charge in [-0.15, -0.1) is 0 Å². The van der Waals surface area contributed by atoms with E-state index in [1.165, 1.54) is 0 Å². The lowest BCUT2D eigenvalue weighted by Crippen LogP contribution is -2.43. The number of amides is 3. The van der Waals surface area contributed by atoms with E-state index in [1.807, 2.05) is 59.5 Å². The summed E-state index contributed by atoms with van der Waals surface area (Å²) in [5.74, 6) is -1.96. The van der Waals surface area contributed by atoms with Crippen LogP contribution in [0.2, 0.25) is 0 Å². The minimum atomic E-state index is -5.08. The third-order valence-corrected chi connectivity index (χ3v) is 10.2. The van der Waals surface area contributed by atoms with Crippen molar-refractivity contribution in [1.29, 1.82) is 0 Å². The molecule has 312 valence electrons. The summed E-state index contributed by atoms with van der Waals surface area (Å²) in [5.41, 5.74) is 4.08. The molecule has 59 heavy (non-hydrogen) atoms. The standard InChI is InChI=1S/C38H44N10O4.C2HF3O2/c1-2-31(49)44-29-19-30(34(51)33(29)50)48-23-42-32-35(40-21-28(24-11-5-3-6-12-24)25-13-7-4-8-14-25)45-37(46-36(32)48)47-18-16-27(22-47)43-38(52)41-20-26-15-9-10-17-39-26;3-2(4,5)1(6)7/h3-15,17,23,27-30,33-34,50-51H,2,16,18-22H2,1H3,(H,44,49)(H,40,45,46)(H2,41,43,52);(H,6,7)/t27-,29+,30-,33-,34+;/m1./s1. The van der Waals surface area contributed by atoms with Gasteiger partial charge in [0.05, 0.1) is 30.6 Å². The Morgan fingerprint density at radius 1 is 0.898 bits per heavy atom. The molecule has 5 aromatic rings. The number of anilines is 2. The zero-order valence-corrected chi connectivity index (χ0v) is 32.0. The van der Waals surface area contributed by atoms with Crippen molar-refractivity contribution in [2.24, 2.45) is 0 Å². The predicted octanol–water partition coefficient (Wildman–Crippen LogP) is 3.74. The average molecular weight is 819 g/mol. The van der Waals surface area contributed by atoms with E-state index < -0.39 is 36.4 Å². The zero-order chi connectivity index (χ0) is 42.1. The predicted molar refractivity (Wildman–Crippen MR) is 210 cm³/mol. The van der Waals surface area contributed by atoms with Crippen molar-refractivity contribution in [3.05, 3.63) is 108 Å². The van der Waals surface area contributed by atoms with E-state index in [-0.39, 0.29) is 30.3 Å². The van der Waals surface area contributed by atoms with Crippen LogP contribution in [0.15, 0.2) is 91.4 Å². The second kappa shape index (κ2) is 18.9. The van der Waals surface area contributed by atoms with E-state index in [2.05, 4.69) is 50.5 Å². The van der Waals surface area contributed by atoms with E-state index in [0.29, 0.717) is 62.0 Å². The largest absolute Gasteiger partial charge is 0.490 e. The molecule has 2 aliphatic rings. The van der Waals surface area contributed by atoms with Crippen molar-refractivity contribution < 1.29 is 42.9 Å². The molecule has 7 N–H and O–H groups in total. The van der Waals surface area contributed by atoms with Gasteiger partial charge in [-0.2, -0.15) is 23.1 Å². The molecular weight excluding hydrogens is 773 g/mol. The number of alkyl halides is 3. The van der Waals surface area contributed by atoms with Crippen molar-refractivity contribution in [1.82, 2.24) is 40.5 Å². The van der Waals surface area contributed by atoms with Gasteiger partial charge in [-0.3, -0.25) is 9.78 Å². The number of aliphatic carboxylic acids is 1. The second-order valence-electron chi connectivity index (χ2n) is 14.1. The molecule has 1 aliphatic carbocycles. The van der Waals surface area contributed by atoms with E-state index in [1.54, 1.807) is 24.0 Å². The van der Waals surface area contributed by atoms with Gasteiger partial charge in [-0.25, -0.2) is 14.6 Å². The number of hydrogen-bond donors (Lipinski definition) is 7. The fraction of sp³-hybridized carbons (Fsp3) is 0.375. The molecule has 5 atom stereocenters. The number of hydrogen-bond acceptors (Lipinski definition) is 11. The molecule has 1 saturated carbocycles. The molecule has 0 radical (unpaired) electrons. The van der Waals surface area contributed by atoms with Crippen LogP contribution in [0.1, 0.15) is 55.0 Å². The molecule has 3 amide bonds.